The quantitative estimate of drug-likeness (QED) is 0.636. The van der Waals surface area contributed by atoms with Crippen molar-refractivity contribution >= 4 is 29.1 Å². The lowest BCUT2D eigenvalue weighted by molar-refractivity contribution is -0.125. The Bertz CT molecular complexity index is 1130. The molecule has 8 heteroatoms. The molecule has 8 nitrogen and oxygen atoms in total. The molecular weight excluding hydrogens is 384 g/mol. The number of carbonyl (C=O) groups is 3. The number of ether oxygens (including phenoxy) is 1. The summed E-state index contributed by atoms with van der Waals surface area (Å²) in [5.74, 6) is 0.441. The molecule has 2 N–H and O–H groups in total. The average Bonchev–Trinajstić information content (AvgIpc) is 3.17. The zero-order chi connectivity index (χ0) is 21.3. The number of Topliss-reactive ketones (excluding diaryl/α,β-unsaturated/α-hetero) is 1. The van der Waals surface area contributed by atoms with Crippen molar-refractivity contribution in [1.82, 2.24) is 9.78 Å². The van der Waals surface area contributed by atoms with Crippen LogP contribution in [0.15, 0.2) is 54.7 Å². The van der Waals surface area contributed by atoms with Crippen molar-refractivity contribution in [1.29, 1.82) is 0 Å². The van der Waals surface area contributed by atoms with Crippen LogP contribution in [0, 0.1) is 0 Å². The van der Waals surface area contributed by atoms with E-state index in [2.05, 4.69) is 15.7 Å². The van der Waals surface area contributed by atoms with Gasteiger partial charge in [0.2, 0.25) is 11.8 Å². The number of hydrogen-bond acceptors (Lipinski definition) is 5. The minimum absolute atomic E-state index is 0.0328. The number of fused-ring (bicyclic) bond motifs is 1. The number of ketones is 1. The fourth-order valence-corrected chi connectivity index (χ4v) is 3.40. The smallest absolute Gasteiger partial charge is 0.249 e. The number of nitrogens with one attached hydrogen (secondary N) is 2. The molecule has 0 radical (unpaired) electrons. The number of nitrogens with zero attached hydrogens (tertiary/aromatic N) is 2. The maximum atomic E-state index is 12.9. The molecule has 4 rings (SSSR count). The van der Waals surface area contributed by atoms with Crippen molar-refractivity contribution in [3.63, 3.8) is 0 Å². The number of anilines is 2. The highest BCUT2D eigenvalue weighted by Gasteiger charge is 2.33. The summed E-state index contributed by atoms with van der Waals surface area (Å²) in [5, 5.41) is 9.95. The monoisotopic (exact) mass is 404 g/mol. The summed E-state index contributed by atoms with van der Waals surface area (Å²) in [5.41, 5.74) is 2.54. The first-order valence-corrected chi connectivity index (χ1v) is 9.40. The second kappa shape index (κ2) is 7.82. The predicted molar refractivity (Wildman–Crippen MR) is 112 cm³/mol. The normalized spacial score (nSPS) is 15.1. The molecule has 2 heterocycles. The minimum atomic E-state index is -0.804. The van der Waals surface area contributed by atoms with Crippen molar-refractivity contribution in [2.75, 3.05) is 17.7 Å². The van der Waals surface area contributed by atoms with Gasteiger partial charge in [-0.2, -0.15) is 5.10 Å². The van der Waals surface area contributed by atoms with Gasteiger partial charge in [0.1, 0.15) is 17.6 Å². The number of amides is 2. The summed E-state index contributed by atoms with van der Waals surface area (Å²) < 4.78 is 6.70. The molecule has 30 heavy (non-hydrogen) atoms. The van der Waals surface area contributed by atoms with E-state index in [0.29, 0.717) is 28.4 Å². The SMILES string of the molecule is COc1ccc(-c2cnn3c2NC(=O)C[C@H]3C(=O)Nc2cccc(C(C)=O)c2)cc1. The van der Waals surface area contributed by atoms with Crippen molar-refractivity contribution in [3.05, 3.63) is 60.3 Å². The Morgan fingerprint density at radius 1 is 1.20 bits per heavy atom. The Hall–Kier alpha value is -3.94. The van der Waals surface area contributed by atoms with Crippen molar-refractivity contribution in [3.8, 4) is 16.9 Å². The first kappa shape index (κ1) is 19.4. The number of carbonyl (C=O) groups excluding carboxylic acids is 3. The molecule has 0 spiro atoms. The van der Waals surface area contributed by atoms with E-state index >= 15 is 0 Å². The first-order valence-electron chi connectivity index (χ1n) is 9.40. The second-order valence-corrected chi connectivity index (χ2v) is 6.97. The Morgan fingerprint density at radius 2 is 1.97 bits per heavy atom. The molecule has 1 aliphatic heterocycles. The summed E-state index contributed by atoms with van der Waals surface area (Å²) in [4.78, 5) is 36.8. The summed E-state index contributed by atoms with van der Waals surface area (Å²) in [6, 6.07) is 13.2. The standard InChI is InChI=1S/C22H20N4O4/c1-13(27)15-4-3-5-16(10-15)24-22(29)19-11-20(28)25-21-18(12-23-26(19)21)14-6-8-17(30-2)9-7-14/h3-10,12,19H,11H2,1-2H3,(H,24,29)(H,25,28)/t19-/m0/s1. The molecule has 152 valence electrons. The van der Waals surface area contributed by atoms with Gasteiger partial charge in [-0.15, -0.1) is 0 Å². The number of benzene rings is 2. The molecule has 1 atom stereocenters. The zero-order valence-corrected chi connectivity index (χ0v) is 16.5. The molecule has 2 amide bonds. The lowest BCUT2D eigenvalue weighted by Crippen LogP contribution is -2.35. The molecule has 1 aromatic heterocycles. The lowest BCUT2D eigenvalue weighted by Gasteiger charge is -2.24. The van der Waals surface area contributed by atoms with Gasteiger partial charge in [0, 0.05) is 16.8 Å². The topological polar surface area (TPSA) is 102 Å². The van der Waals surface area contributed by atoms with E-state index in [4.69, 9.17) is 4.74 Å². The van der Waals surface area contributed by atoms with E-state index in [-0.39, 0.29) is 24.0 Å². The number of rotatable bonds is 5. The molecule has 0 unspecified atom stereocenters. The predicted octanol–water partition coefficient (Wildman–Crippen LogP) is 3.28. The van der Waals surface area contributed by atoms with Gasteiger partial charge < -0.3 is 15.4 Å². The minimum Gasteiger partial charge on any atom is -0.497 e. The van der Waals surface area contributed by atoms with Gasteiger partial charge in [-0.05, 0) is 36.8 Å². The van der Waals surface area contributed by atoms with Gasteiger partial charge in [0.05, 0.1) is 19.7 Å². The molecule has 0 fully saturated rings. The van der Waals surface area contributed by atoms with Crippen LogP contribution in [0.4, 0.5) is 11.5 Å². The van der Waals surface area contributed by atoms with Gasteiger partial charge in [-0.25, -0.2) is 4.68 Å². The van der Waals surface area contributed by atoms with Gasteiger partial charge in [0.25, 0.3) is 0 Å². The Labute approximate surface area is 172 Å². The third-order valence-corrected chi connectivity index (χ3v) is 4.97. The van der Waals surface area contributed by atoms with Crippen LogP contribution in [0.5, 0.6) is 5.75 Å². The highest BCUT2D eigenvalue weighted by Crippen LogP contribution is 2.35. The van der Waals surface area contributed by atoms with E-state index < -0.39 is 6.04 Å². The maximum Gasteiger partial charge on any atom is 0.249 e. The summed E-state index contributed by atoms with van der Waals surface area (Å²) in [6.07, 6.45) is 1.59. The maximum absolute atomic E-state index is 12.9. The van der Waals surface area contributed by atoms with Crippen LogP contribution < -0.4 is 15.4 Å². The first-order chi connectivity index (χ1) is 14.5. The number of methoxy groups -OCH3 is 1. The van der Waals surface area contributed by atoms with E-state index in [1.54, 1.807) is 37.6 Å². The largest absolute Gasteiger partial charge is 0.497 e. The number of hydrogen-bond donors (Lipinski definition) is 2. The third kappa shape index (κ3) is 3.67. The molecular formula is C22H20N4O4. The van der Waals surface area contributed by atoms with Crippen LogP contribution in [0.1, 0.15) is 29.7 Å². The summed E-state index contributed by atoms with van der Waals surface area (Å²) in [7, 11) is 1.59. The van der Waals surface area contributed by atoms with E-state index in [0.717, 1.165) is 5.56 Å². The molecule has 0 saturated heterocycles. The number of aromatic nitrogens is 2. The van der Waals surface area contributed by atoms with E-state index in [9.17, 15) is 14.4 Å². The fraction of sp³-hybridized carbons (Fsp3) is 0.182. The van der Waals surface area contributed by atoms with Crippen LogP contribution in [-0.2, 0) is 9.59 Å². The Morgan fingerprint density at radius 3 is 2.67 bits per heavy atom. The highest BCUT2D eigenvalue weighted by molar-refractivity contribution is 6.03. The molecule has 0 bridgehead atoms. The van der Waals surface area contributed by atoms with Crippen molar-refractivity contribution < 1.29 is 19.1 Å². The third-order valence-electron chi connectivity index (χ3n) is 4.97. The molecule has 1 aliphatic rings. The Kier molecular flexibility index (Phi) is 5.05. The van der Waals surface area contributed by atoms with Crippen LogP contribution in [0.25, 0.3) is 11.1 Å². The molecule has 3 aromatic rings. The average molecular weight is 404 g/mol. The lowest BCUT2D eigenvalue weighted by atomic mass is 10.1. The van der Waals surface area contributed by atoms with Gasteiger partial charge in [-0.1, -0.05) is 24.3 Å². The highest BCUT2D eigenvalue weighted by atomic mass is 16.5. The van der Waals surface area contributed by atoms with Crippen LogP contribution in [0.3, 0.4) is 0 Å². The molecule has 0 saturated carbocycles. The molecule has 2 aromatic carbocycles. The van der Waals surface area contributed by atoms with Gasteiger partial charge in [-0.3, -0.25) is 14.4 Å². The van der Waals surface area contributed by atoms with Crippen LogP contribution in [0.2, 0.25) is 0 Å². The zero-order valence-electron chi connectivity index (χ0n) is 16.5. The van der Waals surface area contributed by atoms with E-state index in [1.165, 1.54) is 11.6 Å². The van der Waals surface area contributed by atoms with Crippen LogP contribution in [-0.4, -0.2) is 34.5 Å². The fourth-order valence-electron chi connectivity index (χ4n) is 3.40. The van der Waals surface area contributed by atoms with Crippen LogP contribution >= 0.6 is 0 Å². The second-order valence-electron chi connectivity index (χ2n) is 6.97. The summed E-state index contributed by atoms with van der Waals surface area (Å²) in [6.45, 7) is 1.46. The summed E-state index contributed by atoms with van der Waals surface area (Å²) >= 11 is 0. The Balaban J connectivity index is 1.63. The van der Waals surface area contributed by atoms with Crippen molar-refractivity contribution in [2.24, 2.45) is 0 Å². The van der Waals surface area contributed by atoms with Gasteiger partial charge >= 0.3 is 0 Å². The molecule has 0 aliphatic carbocycles. The van der Waals surface area contributed by atoms with E-state index in [1.807, 2.05) is 24.3 Å². The van der Waals surface area contributed by atoms with Crippen molar-refractivity contribution in [2.45, 2.75) is 19.4 Å². The van der Waals surface area contributed by atoms with Gasteiger partial charge in [0.15, 0.2) is 5.78 Å².